The van der Waals surface area contributed by atoms with Crippen molar-refractivity contribution in [2.24, 2.45) is 0 Å². The first-order valence-corrected chi connectivity index (χ1v) is 9.23. The minimum absolute atomic E-state index is 0.0933. The molecule has 7 nitrogen and oxygen atoms in total. The molecule has 2 N–H and O–H groups in total. The van der Waals surface area contributed by atoms with E-state index in [0.717, 1.165) is 17.8 Å². The molecule has 0 aromatic carbocycles. The van der Waals surface area contributed by atoms with Gasteiger partial charge in [0.2, 0.25) is 10.0 Å². The van der Waals surface area contributed by atoms with E-state index in [2.05, 4.69) is 10.0 Å². The number of hydrogen-bond donors (Lipinski definition) is 2. The number of sulfonamides is 1. The first-order valence-electron chi connectivity index (χ1n) is 7.33. The summed E-state index contributed by atoms with van der Waals surface area (Å²) in [6.07, 6.45) is 2.39. The molecule has 0 radical (unpaired) electrons. The van der Waals surface area contributed by atoms with E-state index in [1.807, 2.05) is 26.0 Å². The summed E-state index contributed by atoms with van der Waals surface area (Å²) < 4.78 is 30.5. The normalized spacial score (nSPS) is 18.2. The van der Waals surface area contributed by atoms with Crippen molar-refractivity contribution in [3.8, 4) is 0 Å². The molecule has 1 atom stereocenters. The van der Waals surface area contributed by atoms with Gasteiger partial charge in [-0.05, 0) is 38.8 Å². The van der Waals surface area contributed by atoms with Gasteiger partial charge in [-0.15, -0.1) is 0 Å². The van der Waals surface area contributed by atoms with Crippen molar-refractivity contribution < 1.29 is 17.6 Å². The van der Waals surface area contributed by atoms with Crippen molar-refractivity contribution in [2.75, 3.05) is 19.3 Å². The van der Waals surface area contributed by atoms with E-state index in [1.165, 1.54) is 0 Å². The van der Waals surface area contributed by atoms with E-state index < -0.39 is 10.0 Å². The number of furan rings is 1. The quantitative estimate of drug-likeness (QED) is 0.873. The molecule has 1 aromatic heterocycles. The van der Waals surface area contributed by atoms with Crippen LogP contribution in [-0.4, -0.2) is 44.7 Å². The topological polar surface area (TPSA) is 91.7 Å². The number of amides is 2. The molecular weight excluding hydrogens is 306 g/mol. The Morgan fingerprint density at radius 3 is 2.50 bits per heavy atom. The summed E-state index contributed by atoms with van der Waals surface area (Å²) in [7, 11) is -3.20. The first-order chi connectivity index (χ1) is 10.2. The van der Waals surface area contributed by atoms with Gasteiger partial charge in [0.05, 0.1) is 12.3 Å². The van der Waals surface area contributed by atoms with Crippen LogP contribution in [0.2, 0.25) is 0 Å². The second kappa shape index (κ2) is 6.70. The van der Waals surface area contributed by atoms with Gasteiger partial charge in [0.25, 0.3) is 0 Å². The summed E-state index contributed by atoms with van der Waals surface area (Å²) in [4.78, 5) is 13.9. The SMILES string of the molecule is Cc1ccc([C@H](C)NC(=O)N2CCC(NS(C)(=O)=O)CC2)o1. The van der Waals surface area contributed by atoms with Gasteiger partial charge in [0, 0.05) is 19.1 Å². The summed E-state index contributed by atoms with van der Waals surface area (Å²) in [5.41, 5.74) is 0. The highest BCUT2D eigenvalue weighted by molar-refractivity contribution is 7.88. The maximum absolute atomic E-state index is 12.2. The Bertz CT molecular complexity index is 618. The summed E-state index contributed by atoms with van der Waals surface area (Å²) in [5, 5.41) is 2.90. The maximum atomic E-state index is 12.2. The van der Waals surface area contributed by atoms with Crippen LogP contribution in [0.4, 0.5) is 4.79 Å². The molecule has 1 aromatic rings. The van der Waals surface area contributed by atoms with Crippen LogP contribution >= 0.6 is 0 Å². The summed E-state index contributed by atoms with van der Waals surface area (Å²) >= 11 is 0. The van der Waals surface area contributed by atoms with E-state index in [4.69, 9.17) is 4.42 Å². The molecule has 1 aliphatic heterocycles. The average Bonchev–Trinajstić information content (AvgIpc) is 2.84. The Morgan fingerprint density at radius 2 is 2.00 bits per heavy atom. The molecule has 2 rings (SSSR count). The van der Waals surface area contributed by atoms with Gasteiger partial charge in [-0.3, -0.25) is 0 Å². The number of carbonyl (C=O) groups is 1. The lowest BCUT2D eigenvalue weighted by Crippen LogP contribution is -2.49. The largest absolute Gasteiger partial charge is 0.464 e. The van der Waals surface area contributed by atoms with E-state index >= 15 is 0 Å². The predicted octanol–water partition coefficient (Wildman–Crippen LogP) is 1.37. The fraction of sp³-hybridized carbons (Fsp3) is 0.643. The number of urea groups is 1. The third kappa shape index (κ3) is 4.74. The Kier molecular flexibility index (Phi) is 5.12. The van der Waals surface area contributed by atoms with Crippen molar-refractivity contribution >= 4 is 16.1 Å². The third-order valence-electron chi connectivity index (χ3n) is 3.69. The Balaban J connectivity index is 1.82. The second-order valence-corrected chi connectivity index (χ2v) is 7.55. The first kappa shape index (κ1) is 16.8. The molecule has 0 aliphatic carbocycles. The van der Waals surface area contributed by atoms with E-state index in [1.54, 1.807) is 4.90 Å². The van der Waals surface area contributed by atoms with Crippen molar-refractivity contribution in [1.29, 1.82) is 0 Å². The van der Waals surface area contributed by atoms with Gasteiger partial charge in [0.15, 0.2) is 0 Å². The zero-order valence-corrected chi connectivity index (χ0v) is 13.9. The lowest BCUT2D eigenvalue weighted by atomic mass is 10.1. The van der Waals surface area contributed by atoms with Crippen molar-refractivity contribution in [2.45, 2.75) is 38.8 Å². The van der Waals surface area contributed by atoms with Gasteiger partial charge in [-0.2, -0.15) is 0 Å². The summed E-state index contributed by atoms with van der Waals surface area (Å²) in [6.45, 7) is 4.79. The molecule has 124 valence electrons. The predicted molar refractivity (Wildman–Crippen MR) is 83.0 cm³/mol. The van der Waals surface area contributed by atoms with Crippen molar-refractivity contribution in [3.63, 3.8) is 0 Å². The fourth-order valence-corrected chi connectivity index (χ4v) is 3.38. The van der Waals surface area contributed by atoms with E-state index in [-0.39, 0.29) is 18.1 Å². The molecule has 0 bridgehead atoms. The van der Waals surface area contributed by atoms with Crippen LogP contribution in [-0.2, 0) is 10.0 Å². The molecule has 1 saturated heterocycles. The van der Waals surface area contributed by atoms with Crippen LogP contribution in [0, 0.1) is 6.92 Å². The van der Waals surface area contributed by atoms with Crippen molar-refractivity contribution in [3.05, 3.63) is 23.7 Å². The molecule has 2 heterocycles. The van der Waals surface area contributed by atoms with E-state index in [9.17, 15) is 13.2 Å². The van der Waals surface area contributed by atoms with E-state index in [0.29, 0.717) is 25.9 Å². The molecule has 0 unspecified atom stereocenters. The maximum Gasteiger partial charge on any atom is 0.317 e. The monoisotopic (exact) mass is 329 g/mol. The minimum atomic E-state index is -3.20. The second-order valence-electron chi connectivity index (χ2n) is 5.77. The lowest BCUT2D eigenvalue weighted by molar-refractivity contribution is 0.175. The fourth-order valence-electron chi connectivity index (χ4n) is 2.54. The number of rotatable bonds is 4. The molecule has 1 fully saturated rings. The third-order valence-corrected chi connectivity index (χ3v) is 4.45. The number of piperidine rings is 1. The molecule has 0 spiro atoms. The number of carbonyl (C=O) groups excluding carboxylic acids is 1. The van der Waals surface area contributed by atoms with Gasteiger partial charge in [-0.1, -0.05) is 0 Å². The standard InChI is InChI=1S/C14H23N3O4S/c1-10-4-5-13(21-10)11(2)15-14(18)17-8-6-12(7-9-17)16-22(3,19)20/h4-5,11-12,16H,6-9H2,1-3H3,(H,15,18)/t11-/m0/s1. The zero-order chi connectivity index (χ0) is 16.3. The number of nitrogens with one attached hydrogen (secondary N) is 2. The van der Waals surface area contributed by atoms with Crippen LogP contribution < -0.4 is 10.0 Å². The van der Waals surface area contributed by atoms with Crippen LogP contribution in [0.1, 0.15) is 37.3 Å². The highest BCUT2D eigenvalue weighted by Gasteiger charge is 2.25. The molecule has 8 heteroatoms. The summed E-state index contributed by atoms with van der Waals surface area (Å²) in [5.74, 6) is 1.53. The van der Waals surface area contributed by atoms with Crippen LogP contribution in [0.15, 0.2) is 16.5 Å². The Labute approximate surface area is 131 Å². The number of nitrogens with zero attached hydrogens (tertiary/aromatic N) is 1. The zero-order valence-electron chi connectivity index (χ0n) is 13.1. The van der Waals surface area contributed by atoms with Crippen molar-refractivity contribution in [1.82, 2.24) is 14.9 Å². The number of aryl methyl sites for hydroxylation is 1. The van der Waals surface area contributed by atoms with Gasteiger partial charge in [-0.25, -0.2) is 17.9 Å². The Hall–Kier alpha value is -1.54. The number of hydrogen-bond acceptors (Lipinski definition) is 4. The lowest BCUT2D eigenvalue weighted by Gasteiger charge is -2.32. The Morgan fingerprint density at radius 1 is 1.36 bits per heavy atom. The molecule has 22 heavy (non-hydrogen) atoms. The minimum Gasteiger partial charge on any atom is -0.464 e. The molecule has 0 saturated carbocycles. The van der Waals surface area contributed by atoms with Gasteiger partial charge in [0.1, 0.15) is 11.5 Å². The van der Waals surface area contributed by atoms with Gasteiger partial charge >= 0.3 is 6.03 Å². The van der Waals surface area contributed by atoms with Crippen LogP contribution in [0.3, 0.4) is 0 Å². The molecular formula is C14H23N3O4S. The van der Waals surface area contributed by atoms with Crippen LogP contribution in [0.5, 0.6) is 0 Å². The highest BCUT2D eigenvalue weighted by atomic mass is 32.2. The smallest absolute Gasteiger partial charge is 0.317 e. The highest BCUT2D eigenvalue weighted by Crippen LogP contribution is 2.17. The number of likely N-dealkylation sites (tertiary alicyclic amines) is 1. The van der Waals surface area contributed by atoms with Crippen LogP contribution in [0.25, 0.3) is 0 Å². The average molecular weight is 329 g/mol. The summed E-state index contributed by atoms with van der Waals surface area (Å²) in [6, 6.07) is 3.26. The molecule has 1 aliphatic rings. The molecule has 2 amide bonds. The van der Waals surface area contributed by atoms with Gasteiger partial charge < -0.3 is 14.6 Å².